The van der Waals surface area contributed by atoms with Crippen molar-refractivity contribution in [1.29, 1.82) is 0 Å². The van der Waals surface area contributed by atoms with Gasteiger partial charge in [0.25, 0.3) is 0 Å². The summed E-state index contributed by atoms with van der Waals surface area (Å²) in [5, 5.41) is 7.96. The van der Waals surface area contributed by atoms with E-state index in [0.29, 0.717) is 19.5 Å². The van der Waals surface area contributed by atoms with Crippen LogP contribution in [-0.2, 0) is 16.0 Å². The number of guanidine groups is 1. The van der Waals surface area contributed by atoms with Gasteiger partial charge in [-0.25, -0.2) is 0 Å². The van der Waals surface area contributed by atoms with Crippen molar-refractivity contribution in [1.82, 2.24) is 20.5 Å². The van der Waals surface area contributed by atoms with Gasteiger partial charge in [-0.2, -0.15) is 0 Å². The van der Waals surface area contributed by atoms with Crippen LogP contribution in [0.3, 0.4) is 0 Å². The standard InChI is InChI=1S/C25H31N5O2/c1-15-5-3-6-19-20(15)18(14-29-19)9-11-28-25(26-2)27-10-4-12-30-23(31)21-16-7-8-17(13-16)22(21)24(30)32/h3,5-8,14,16-17,21-22,29H,4,9-13H2,1-2H3,(H2,26,27,28). The SMILES string of the molecule is CN=C(NCCCN1C(=O)C2C3C=CC(C3)C2C1=O)NCCc1c[nH]c2cccc(C)c12. The maximum atomic E-state index is 12.8. The van der Waals surface area contributed by atoms with Gasteiger partial charge in [0.15, 0.2) is 5.96 Å². The molecule has 2 aliphatic carbocycles. The molecule has 1 aromatic carbocycles. The van der Waals surface area contributed by atoms with Crippen molar-refractivity contribution in [2.24, 2.45) is 28.7 Å². The number of carbonyl (C=O) groups is 2. The molecule has 2 bridgehead atoms. The second-order valence-electron chi connectivity index (χ2n) is 9.17. The largest absolute Gasteiger partial charge is 0.361 e. The minimum atomic E-state index is -0.104. The zero-order valence-electron chi connectivity index (χ0n) is 18.7. The summed E-state index contributed by atoms with van der Waals surface area (Å²) in [6.07, 6.45) is 8.92. The monoisotopic (exact) mass is 433 g/mol. The highest BCUT2D eigenvalue weighted by Crippen LogP contribution is 2.52. The quantitative estimate of drug-likeness (QED) is 0.206. The molecular formula is C25H31N5O2. The first-order chi connectivity index (χ1) is 15.6. The van der Waals surface area contributed by atoms with E-state index < -0.39 is 0 Å². The molecule has 1 aromatic heterocycles. The van der Waals surface area contributed by atoms with E-state index in [4.69, 9.17) is 0 Å². The van der Waals surface area contributed by atoms with Crippen molar-refractivity contribution in [3.63, 3.8) is 0 Å². The third-order valence-electron chi connectivity index (χ3n) is 7.32. The lowest BCUT2D eigenvalue weighted by atomic mass is 9.85. The lowest BCUT2D eigenvalue weighted by Gasteiger charge is -2.18. The molecule has 32 heavy (non-hydrogen) atoms. The van der Waals surface area contributed by atoms with Crippen LogP contribution >= 0.6 is 0 Å². The predicted octanol–water partition coefficient (Wildman–Crippen LogP) is 2.38. The number of hydrogen-bond donors (Lipinski definition) is 3. The Morgan fingerprint density at radius 2 is 1.84 bits per heavy atom. The van der Waals surface area contributed by atoms with Crippen LogP contribution in [0.2, 0.25) is 0 Å². The maximum Gasteiger partial charge on any atom is 0.233 e. The zero-order chi connectivity index (χ0) is 22.2. The van der Waals surface area contributed by atoms with E-state index in [1.54, 1.807) is 7.05 Å². The summed E-state index contributed by atoms with van der Waals surface area (Å²) in [5.74, 6) is 1.14. The number of likely N-dealkylation sites (tertiary alicyclic amines) is 1. The van der Waals surface area contributed by atoms with E-state index in [1.165, 1.54) is 26.9 Å². The molecule has 4 unspecified atom stereocenters. The molecule has 3 N–H and O–H groups in total. The number of aliphatic imine (C=N–C) groups is 1. The molecule has 0 radical (unpaired) electrons. The van der Waals surface area contributed by atoms with Gasteiger partial charge in [-0.1, -0.05) is 24.3 Å². The fourth-order valence-corrected chi connectivity index (χ4v) is 5.81. The highest BCUT2D eigenvalue weighted by atomic mass is 16.2. The Hall–Kier alpha value is -3.09. The van der Waals surface area contributed by atoms with Gasteiger partial charge in [0.1, 0.15) is 0 Å². The average molecular weight is 434 g/mol. The molecule has 1 aliphatic heterocycles. The van der Waals surface area contributed by atoms with E-state index in [0.717, 1.165) is 25.3 Å². The number of hydrogen-bond acceptors (Lipinski definition) is 3. The number of imide groups is 1. The summed E-state index contributed by atoms with van der Waals surface area (Å²) in [4.78, 5) is 34.6. The molecule has 0 spiro atoms. The summed E-state index contributed by atoms with van der Waals surface area (Å²) in [6, 6.07) is 6.31. The van der Waals surface area contributed by atoms with E-state index >= 15 is 0 Å². The van der Waals surface area contributed by atoms with Crippen LogP contribution < -0.4 is 10.6 Å². The molecule has 7 heteroatoms. The molecule has 1 saturated carbocycles. The van der Waals surface area contributed by atoms with Gasteiger partial charge in [0.2, 0.25) is 11.8 Å². The van der Waals surface area contributed by atoms with Gasteiger partial charge in [-0.05, 0) is 55.2 Å². The number of aromatic nitrogens is 1. The van der Waals surface area contributed by atoms with Crippen LogP contribution in [0.25, 0.3) is 10.9 Å². The first-order valence-electron chi connectivity index (χ1n) is 11.6. The average Bonchev–Trinajstić information content (AvgIpc) is 3.55. The molecule has 2 amide bonds. The Kier molecular flexibility index (Phi) is 5.49. The molecular weight excluding hydrogens is 402 g/mol. The Labute approximate surface area is 188 Å². The summed E-state index contributed by atoms with van der Waals surface area (Å²) in [6.45, 7) is 4.03. The van der Waals surface area contributed by atoms with E-state index in [2.05, 4.69) is 64.1 Å². The minimum absolute atomic E-state index is 0.0355. The Bertz CT molecular complexity index is 1070. The van der Waals surface area contributed by atoms with Gasteiger partial charge < -0.3 is 15.6 Å². The van der Waals surface area contributed by atoms with E-state index in [1.807, 2.05) is 0 Å². The Balaban J connectivity index is 1.07. The van der Waals surface area contributed by atoms with Crippen molar-refractivity contribution in [3.8, 4) is 0 Å². The lowest BCUT2D eigenvalue weighted by molar-refractivity contribution is -0.140. The first kappa shape index (κ1) is 20.8. The van der Waals surface area contributed by atoms with Crippen LogP contribution in [0, 0.1) is 30.6 Å². The maximum absolute atomic E-state index is 12.8. The van der Waals surface area contributed by atoms with Crippen LogP contribution in [0.15, 0.2) is 41.5 Å². The third-order valence-corrected chi connectivity index (χ3v) is 7.32. The van der Waals surface area contributed by atoms with Crippen LogP contribution in [0.4, 0.5) is 0 Å². The van der Waals surface area contributed by atoms with Crippen LogP contribution in [0.1, 0.15) is 24.0 Å². The number of H-pyrrole nitrogens is 1. The van der Waals surface area contributed by atoms with Gasteiger partial charge in [0, 0.05) is 43.8 Å². The molecule has 1 saturated heterocycles. The van der Waals surface area contributed by atoms with Gasteiger partial charge in [0.05, 0.1) is 11.8 Å². The normalized spacial score (nSPS) is 26.4. The summed E-state index contributed by atoms with van der Waals surface area (Å²) in [7, 11) is 1.75. The predicted molar refractivity (Wildman–Crippen MR) is 125 cm³/mol. The van der Waals surface area contributed by atoms with Crippen molar-refractivity contribution >= 4 is 28.7 Å². The molecule has 168 valence electrons. The van der Waals surface area contributed by atoms with Gasteiger partial charge >= 0.3 is 0 Å². The fraction of sp³-hybridized carbons (Fsp3) is 0.480. The van der Waals surface area contributed by atoms with Gasteiger partial charge in [-0.15, -0.1) is 0 Å². The summed E-state index contributed by atoms with van der Waals surface area (Å²) < 4.78 is 0. The first-order valence-corrected chi connectivity index (χ1v) is 11.6. The summed E-state index contributed by atoms with van der Waals surface area (Å²) >= 11 is 0. The third kappa shape index (κ3) is 3.49. The number of fused-ring (bicyclic) bond motifs is 6. The number of nitrogens with one attached hydrogen (secondary N) is 3. The minimum Gasteiger partial charge on any atom is -0.361 e. The molecule has 7 nitrogen and oxygen atoms in total. The van der Waals surface area contributed by atoms with Gasteiger partial charge in [-0.3, -0.25) is 19.5 Å². The van der Waals surface area contributed by atoms with Crippen molar-refractivity contribution < 1.29 is 9.59 Å². The summed E-state index contributed by atoms with van der Waals surface area (Å²) in [5.41, 5.74) is 3.74. The van der Waals surface area contributed by atoms with E-state index in [-0.39, 0.29) is 35.5 Å². The van der Waals surface area contributed by atoms with Crippen LogP contribution in [-0.4, -0.2) is 54.3 Å². The number of aryl methyl sites for hydroxylation is 1. The molecule has 5 rings (SSSR count). The molecule has 2 aromatic rings. The molecule has 2 heterocycles. The highest BCUT2D eigenvalue weighted by molar-refractivity contribution is 6.06. The van der Waals surface area contributed by atoms with Crippen molar-refractivity contribution in [2.45, 2.75) is 26.2 Å². The molecule has 2 fully saturated rings. The van der Waals surface area contributed by atoms with Crippen molar-refractivity contribution in [3.05, 3.63) is 47.7 Å². The van der Waals surface area contributed by atoms with Crippen molar-refractivity contribution in [2.75, 3.05) is 26.7 Å². The second kappa shape index (κ2) is 8.45. The van der Waals surface area contributed by atoms with E-state index in [9.17, 15) is 9.59 Å². The molecule has 3 aliphatic rings. The number of allylic oxidation sites excluding steroid dienone is 2. The smallest absolute Gasteiger partial charge is 0.233 e. The Morgan fingerprint density at radius 3 is 2.56 bits per heavy atom. The number of carbonyl (C=O) groups excluding carboxylic acids is 2. The second-order valence-corrected chi connectivity index (χ2v) is 9.17. The van der Waals surface area contributed by atoms with Crippen LogP contribution in [0.5, 0.6) is 0 Å². The number of amides is 2. The number of benzene rings is 1. The lowest BCUT2D eigenvalue weighted by Crippen LogP contribution is -2.40. The fourth-order valence-electron chi connectivity index (χ4n) is 5.81. The molecule has 4 atom stereocenters. The number of rotatable bonds is 7. The Morgan fingerprint density at radius 1 is 1.12 bits per heavy atom. The number of nitrogens with zero attached hydrogens (tertiary/aromatic N) is 2. The number of aromatic amines is 1. The highest BCUT2D eigenvalue weighted by Gasteiger charge is 2.58. The topological polar surface area (TPSA) is 89.6 Å². The zero-order valence-corrected chi connectivity index (χ0v) is 18.7.